The minimum Gasteiger partial charge on any atom is -0.480 e. The molecule has 0 saturated carbocycles. The van der Waals surface area contributed by atoms with Gasteiger partial charge in [0, 0.05) is 12.1 Å². The molecular formula is C16H22N2O3. The Kier molecular flexibility index (Phi) is 5.33. The van der Waals surface area contributed by atoms with Crippen LogP contribution in [0, 0.1) is 0 Å². The number of benzene rings is 1. The minimum absolute atomic E-state index is 0.313. The third-order valence-electron chi connectivity index (χ3n) is 3.80. The summed E-state index contributed by atoms with van der Waals surface area (Å²) in [6, 6.07) is 4.78. The molecule has 1 aromatic carbocycles. The van der Waals surface area contributed by atoms with Crippen LogP contribution in [0.15, 0.2) is 18.2 Å². The summed E-state index contributed by atoms with van der Waals surface area (Å²) in [5, 5.41) is 15.0. The summed E-state index contributed by atoms with van der Waals surface area (Å²) >= 11 is 0. The van der Waals surface area contributed by atoms with Crippen LogP contribution in [0.25, 0.3) is 0 Å². The largest absolute Gasteiger partial charge is 0.480 e. The quantitative estimate of drug-likeness (QED) is 0.745. The maximum atomic E-state index is 12.2. The van der Waals surface area contributed by atoms with Crippen LogP contribution >= 0.6 is 0 Å². The smallest absolute Gasteiger partial charge is 0.326 e. The Morgan fingerprint density at radius 1 is 1.38 bits per heavy atom. The van der Waals surface area contributed by atoms with Crippen LogP contribution < -0.4 is 10.6 Å². The monoisotopic (exact) mass is 290 g/mol. The van der Waals surface area contributed by atoms with Gasteiger partial charge in [0.1, 0.15) is 6.04 Å². The molecule has 1 heterocycles. The van der Waals surface area contributed by atoms with Crippen LogP contribution in [-0.4, -0.2) is 29.6 Å². The number of fused-ring (bicyclic) bond motifs is 1. The molecule has 1 aromatic rings. The average molecular weight is 290 g/mol. The number of carboxylic acid groups (broad SMARTS) is 1. The molecule has 1 aliphatic rings. The van der Waals surface area contributed by atoms with Gasteiger partial charge in [0.15, 0.2) is 0 Å². The number of amides is 1. The van der Waals surface area contributed by atoms with Gasteiger partial charge in [0.2, 0.25) is 0 Å². The van der Waals surface area contributed by atoms with Crippen LogP contribution in [-0.2, 0) is 17.8 Å². The van der Waals surface area contributed by atoms with Gasteiger partial charge in [-0.3, -0.25) is 4.79 Å². The summed E-state index contributed by atoms with van der Waals surface area (Å²) in [7, 11) is 0. The first kappa shape index (κ1) is 15.5. The number of carbonyl (C=O) groups excluding carboxylic acids is 1. The fourth-order valence-electron chi connectivity index (χ4n) is 2.53. The molecule has 114 valence electrons. The first-order valence-electron chi connectivity index (χ1n) is 7.48. The highest BCUT2D eigenvalue weighted by atomic mass is 16.4. The van der Waals surface area contributed by atoms with Crippen molar-refractivity contribution in [1.82, 2.24) is 10.6 Å². The summed E-state index contributed by atoms with van der Waals surface area (Å²) in [5.74, 6) is -1.29. The van der Waals surface area contributed by atoms with Gasteiger partial charge in [-0.05, 0) is 42.6 Å². The van der Waals surface area contributed by atoms with Crippen molar-refractivity contribution in [2.45, 2.75) is 45.2 Å². The maximum Gasteiger partial charge on any atom is 0.326 e. The second-order valence-electron chi connectivity index (χ2n) is 5.42. The Bertz CT molecular complexity index is 528. The lowest BCUT2D eigenvalue weighted by molar-refractivity contribution is -0.139. The van der Waals surface area contributed by atoms with Crippen LogP contribution in [0.5, 0.6) is 0 Å². The molecule has 21 heavy (non-hydrogen) atoms. The van der Waals surface area contributed by atoms with Crippen molar-refractivity contribution < 1.29 is 14.7 Å². The Morgan fingerprint density at radius 3 is 2.90 bits per heavy atom. The number of rotatable bonds is 6. The van der Waals surface area contributed by atoms with Crippen molar-refractivity contribution in [1.29, 1.82) is 0 Å². The molecule has 1 unspecified atom stereocenters. The van der Waals surface area contributed by atoms with Gasteiger partial charge in [-0.25, -0.2) is 4.79 Å². The zero-order valence-corrected chi connectivity index (χ0v) is 12.3. The Hall–Kier alpha value is -1.88. The van der Waals surface area contributed by atoms with Gasteiger partial charge in [-0.1, -0.05) is 25.8 Å². The molecule has 0 bridgehead atoms. The number of nitrogens with one attached hydrogen (secondary N) is 2. The molecule has 0 fully saturated rings. The summed E-state index contributed by atoms with van der Waals surface area (Å²) in [5.41, 5.74) is 2.90. The lowest BCUT2D eigenvalue weighted by Crippen LogP contribution is -2.40. The molecule has 1 aliphatic heterocycles. The van der Waals surface area contributed by atoms with Crippen molar-refractivity contribution in [3.63, 3.8) is 0 Å². The van der Waals surface area contributed by atoms with E-state index in [1.54, 1.807) is 6.07 Å². The van der Waals surface area contributed by atoms with Crippen LogP contribution in [0.4, 0.5) is 0 Å². The van der Waals surface area contributed by atoms with E-state index in [4.69, 9.17) is 5.11 Å². The molecule has 2 rings (SSSR count). The van der Waals surface area contributed by atoms with Gasteiger partial charge in [0.05, 0.1) is 0 Å². The van der Waals surface area contributed by atoms with E-state index in [2.05, 4.69) is 10.6 Å². The van der Waals surface area contributed by atoms with Crippen molar-refractivity contribution in [2.75, 3.05) is 6.54 Å². The van der Waals surface area contributed by atoms with E-state index in [9.17, 15) is 9.59 Å². The highest BCUT2D eigenvalue weighted by molar-refractivity contribution is 5.96. The van der Waals surface area contributed by atoms with Crippen molar-refractivity contribution >= 4 is 11.9 Å². The zero-order chi connectivity index (χ0) is 15.2. The maximum absolute atomic E-state index is 12.2. The van der Waals surface area contributed by atoms with Crippen LogP contribution in [0.2, 0.25) is 0 Å². The van der Waals surface area contributed by atoms with Crippen LogP contribution in [0.3, 0.4) is 0 Å². The van der Waals surface area contributed by atoms with Crippen molar-refractivity contribution in [3.05, 3.63) is 34.9 Å². The number of aliphatic carboxylic acids is 1. The fourth-order valence-corrected chi connectivity index (χ4v) is 2.53. The number of carboxylic acids is 1. The molecule has 5 heteroatoms. The van der Waals surface area contributed by atoms with Gasteiger partial charge in [0.25, 0.3) is 5.91 Å². The predicted molar refractivity (Wildman–Crippen MR) is 80.3 cm³/mol. The van der Waals surface area contributed by atoms with Gasteiger partial charge >= 0.3 is 5.97 Å². The molecular weight excluding hydrogens is 268 g/mol. The third-order valence-corrected chi connectivity index (χ3v) is 3.80. The van der Waals surface area contributed by atoms with Crippen LogP contribution in [0.1, 0.15) is 47.7 Å². The number of carbonyl (C=O) groups is 2. The predicted octanol–water partition coefficient (Wildman–Crippen LogP) is 1.71. The van der Waals surface area contributed by atoms with Gasteiger partial charge in [-0.15, -0.1) is 0 Å². The molecule has 1 atom stereocenters. The highest BCUT2D eigenvalue weighted by Crippen LogP contribution is 2.16. The minimum atomic E-state index is -0.976. The first-order chi connectivity index (χ1) is 10.1. The van der Waals surface area contributed by atoms with E-state index in [1.165, 1.54) is 5.56 Å². The Morgan fingerprint density at radius 2 is 2.19 bits per heavy atom. The summed E-state index contributed by atoms with van der Waals surface area (Å²) < 4.78 is 0. The summed E-state index contributed by atoms with van der Waals surface area (Å²) in [6.07, 6.45) is 3.12. The van der Waals surface area contributed by atoms with Gasteiger partial charge in [-0.2, -0.15) is 0 Å². The number of hydrogen-bond donors (Lipinski definition) is 3. The van der Waals surface area contributed by atoms with E-state index >= 15 is 0 Å². The van der Waals surface area contributed by atoms with Gasteiger partial charge < -0.3 is 15.7 Å². The van der Waals surface area contributed by atoms with E-state index in [0.717, 1.165) is 37.9 Å². The number of unbranched alkanes of at least 4 members (excludes halogenated alkanes) is 1. The topological polar surface area (TPSA) is 78.4 Å². The first-order valence-corrected chi connectivity index (χ1v) is 7.48. The third kappa shape index (κ3) is 4.04. The lowest BCUT2D eigenvalue weighted by Gasteiger charge is -2.19. The molecule has 3 N–H and O–H groups in total. The average Bonchev–Trinajstić information content (AvgIpc) is 2.50. The summed E-state index contributed by atoms with van der Waals surface area (Å²) in [6.45, 7) is 3.71. The SMILES string of the molecule is CCCCC(NC(=O)c1ccc2c(c1)CNCC2)C(=O)O. The second-order valence-corrected chi connectivity index (χ2v) is 5.42. The standard InChI is InChI=1S/C16H22N2O3/c1-2-3-4-14(16(20)21)18-15(19)12-6-5-11-7-8-17-10-13(11)9-12/h5-6,9,14,17H,2-4,7-8,10H2,1H3,(H,18,19)(H,20,21). The zero-order valence-electron chi connectivity index (χ0n) is 12.3. The van der Waals surface area contributed by atoms with E-state index < -0.39 is 12.0 Å². The molecule has 0 aromatic heterocycles. The fraction of sp³-hybridized carbons (Fsp3) is 0.500. The molecule has 0 radical (unpaired) electrons. The van der Waals surface area contributed by atoms with E-state index in [0.29, 0.717) is 12.0 Å². The van der Waals surface area contributed by atoms with E-state index in [-0.39, 0.29) is 5.91 Å². The Balaban J connectivity index is 2.06. The number of hydrogen-bond acceptors (Lipinski definition) is 3. The Labute approximate surface area is 124 Å². The molecule has 0 saturated heterocycles. The molecule has 1 amide bonds. The molecule has 0 spiro atoms. The molecule has 5 nitrogen and oxygen atoms in total. The van der Waals surface area contributed by atoms with Crippen molar-refractivity contribution in [2.24, 2.45) is 0 Å². The second kappa shape index (κ2) is 7.22. The van der Waals surface area contributed by atoms with E-state index in [1.807, 2.05) is 19.1 Å². The molecule has 0 aliphatic carbocycles. The highest BCUT2D eigenvalue weighted by Gasteiger charge is 2.20. The van der Waals surface area contributed by atoms with Crippen molar-refractivity contribution in [3.8, 4) is 0 Å². The normalized spacial score (nSPS) is 15.1. The lowest BCUT2D eigenvalue weighted by atomic mass is 9.98. The summed E-state index contributed by atoms with van der Waals surface area (Å²) in [4.78, 5) is 23.4.